The van der Waals surface area contributed by atoms with Crippen LogP contribution in [0.1, 0.15) is 43.4 Å². The van der Waals surface area contributed by atoms with Crippen LogP contribution >= 0.6 is 11.3 Å². The van der Waals surface area contributed by atoms with E-state index in [2.05, 4.69) is 5.32 Å². The van der Waals surface area contributed by atoms with E-state index in [0.29, 0.717) is 0 Å². The van der Waals surface area contributed by atoms with Crippen LogP contribution in [0.25, 0.3) is 0 Å². The lowest BCUT2D eigenvalue weighted by Crippen LogP contribution is -2.44. The number of hydrogen-bond acceptors (Lipinski definition) is 3. The summed E-state index contributed by atoms with van der Waals surface area (Å²) in [7, 11) is 0. The van der Waals surface area contributed by atoms with Crippen molar-refractivity contribution in [2.75, 3.05) is 6.61 Å². The van der Waals surface area contributed by atoms with Crippen molar-refractivity contribution < 1.29 is 9.90 Å². The first kappa shape index (κ1) is 13.6. The van der Waals surface area contributed by atoms with Crippen molar-refractivity contribution >= 4 is 17.2 Å². The number of hydrogen-bond donors (Lipinski definition) is 2. The maximum Gasteiger partial charge on any atom is 0.228 e. The molecule has 0 aromatic carbocycles. The van der Waals surface area contributed by atoms with Crippen molar-refractivity contribution in [2.45, 2.75) is 44.6 Å². The fourth-order valence-corrected chi connectivity index (χ4v) is 3.37. The normalized spacial score (nSPS) is 25.7. The summed E-state index contributed by atoms with van der Waals surface area (Å²) in [5.41, 5.74) is 0. The van der Waals surface area contributed by atoms with Gasteiger partial charge in [-0.15, -0.1) is 11.3 Å². The Kier molecular flexibility index (Phi) is 4.78. The largest absolute Gasteiger partial charge is 0.396 e. The van der Waals surface area contributed by atoms with E-state index in [1.807, 2.05) is 24.4 Å². The molecule has 1 amide bonds. The Bertz CT molecular complexity index is 377. The van der Waals surface area contributed by atoms with Gasteiger partial charge in [-0.3, -0.25) is 4.79 Å². The first-order valence-electron chi connectivity index (χ1n) is 6.67. The van der Waals surface area contributed by atoms with Crippen molar-refractivity contribution in [3.05, 3.63) is 22.4 Å². The average molecular weight is 267 g/mol. The summed E-state index contributed by atoms with van der Waals surface area (Å²) in [5.74, 6) is 0.229. The molecule has 0 aliphatic heterocycles. The number of rotatable bonds is 4. The summed E-state index contributed by atoms with van der Waals surface area (Å²) < 4.78 is 0. The van der Waals surface area contributed by atoms with Crippen LogP contribution in [0.3, 0.4) is 0 Å². The molecule has 2 rings (SSSR count). The van der Waals surface area contributed by atoms with Crippen molar-refractivity contribution in [3.63, 3.8) is 0 Å². The van der Waals surface area contributed by atoms with Gasteiger partial charge in [0.2, 0.25) is 5.91 Å². The van der Waals surface area contributed by atoms with Gasteiger partial charge >= 0.3 is 0 Å². The Morgan fingerprint density at radius 3 is 3.00 bits per heavy atom. The van der Waals surface area contributed by atoms with Gasteiger partial charge in [0.05, 0.1) is 5.92 Å². The van der Waals surface area contributed by atoms with E-state index in [1.54, 1.807) is 11.3 Å². The van der Waals surface area contributed by atoms with Crippen molar-refractivity contribution in [1.82, 2.24) is 5.32 Å². The number of amides is 1. The van der Waals surface area contributed by atoms with Gasteiger partial charge in [-0.2, -0.15) is 0 Å². The minimum Gasteiger partial charge on any atom is -0.396 e. The highest BCUT2D eigenvalue weighted by Crippen LogP contribution is 2.26. The summed E-state index contributed by atoms with van der Waals surface area (Å²) >= 11 is 1.62. The standard InChI is InChI=1S/C14H21NO2S/c1-10(13-7-4-8-18-13)14(17)15-12-6-3-2-5-11(12)9-16/h4,7-8,10-12,16H,2-3,5-6,9H2,1H3,(H,15,17). The Morgan fingerprint density at radius 1 is 1.56 bits per heavy atom. The zero-order valence-electron chi connectivity index (χ0n) is 10.8. The van der Waals surface area contributed by atoms with Crippen molar-refractivity contribution in [2.24, 2.45) is 5.92 Å². The highest BCUT2D eigenvalue weighted by Gasteiger charge is 2.27. The summed E-state index contributed by atoms with van der Waals surface area (Å²) in [5, 5.41) is 14.5. The second-order valence-corrected chi connectivity index (χ2v) is 6.06. The molecule has 18 heavy (non-hydrogen) atoms. The van der Waals surface area contributed by atoms with Crippen molar-refractivity contribution in [3.8, 4) is 0 Å². The van der Waals surface area contributed by atoms with E-state index < -0.39 is 0 Å². The third-order valence-corrected chi connectivity index (χ3v) is 4.89. The molecular formula is C14H21NO2S. The number of aliphatic hydroxyl groups is 1. The lowest BCUT2D eigenvalue weighted by atomic mass is 9.85. The van der Waals surface area contributed by atoms with Gasteiger partial charge in [-0.05, 0) is 31.2 Å². The van der Waals surface area contributed by atoms with Crippen LogP contribution < -0.4 is 5.32 Å². The first-order valence-corrected chi connectivity index (χ1v) is 7.55. The molecule has 1 aliphatic carbocycles. The third-order valence-electron chi connectivity index (χ3n) is 3.83. The van der Waals surface area contributed by atoms with Gasteiger partial charge in [0.1, 0.15) is 0 Å². The van der Waals surface area contributed by atoms with E-state index in [-0.39, 0.29) is 30.4 Å². The molecular weight excluding hydrogens is 246 g/mol. The molecule has 3 atom stereocenters. The van der Waals surface area contributed by atoms with Crippen LogP contribution in [0, 0.1) is 5.92 Å². The van der Waals surface area contributed by atoms with Gasteiger partial charge in [-0.1, -0.05) is 18.9 Å². The van der Waals surface area contributed by atoms with E-state index in [0.717, 1.165) is 30.6 Å². The fraction of sp³-hybridized carbons (Fsp3) is 0.643. The average Bonchev–Trinajstić information content (AvgIpc) is 2.92. The van der Waals surface area contributed by atoms with Crippen LogP contribution in [0.15, 0.2) is 17.5 Å². The number of carbonyl (C=O) groups is 1. The molecule has 1 aromatic heterocycles. The topological polar surface area (TPSA) is 49.3 Å². The quantitative estimate of drug-likeness (QED) is 0.880. The molecule has 2 N–H and O–H groups in total. The van der Waals surface area contributed by atoms with Crippen LogP contribution in [0.4, 0.5) is 0 Å². The Balaban J connectivity index is 1.93. The first-order chi connectivity index (χ1) is 8.72. The number of thiophene rings is 1. The van der Waals surface area contributed by atoms with Crippen LogP contribution in [-0.2, 0) is 4.79 Å². The summed E-state index contributed by atoms with van der Waals surface area (Å²) in [4.78, 5) is 13.3. The van der Waals surface area contributed by atoms with Crippen molar-refractivity contribution in [1.29, 1.82) is 0 Å². The van der Waals surface area contributed by atoms with Crippen LogP contribution in [0.5, 0.6) is 0 Å². The highest BCUT2D eigenvalue weighted by atomic mass is 32.1. The zero-order valence-corrected chi connectivity index (χ0v) is 11.6. The third kappa shape index (κ3) is 3.12. The van der Waals surface area contributed by atoms with Crippen LogP contribution in [0.2, 0.25) is 0 Å². The van der Waals surface area contributed by atoms with E-state index >= 15 is 0 Å². The number of carbonyl (C=O) groups excluding carboxylic acids is 1. The molecule has 0 bridgehead atoms. The minimum atomic E-state index is -0.0914. The molecule has 0 radical (unpaired) electrons. The zero-order chi connectivity index (χ0) is 13.0. The predicted octanol–water partition coefficient (Wildman–Crippen LogP) is 2.52. The SMILES string of the molecule is CC(C(=O)NC1CCCCC1CO)c1cccs1. The fourth-order valence-electron chi connectivity index (χ4n) is 2.59. The Hall–Kier alpha value is -0.870. The summed E-state index contributed by atoms with van der Waals surface area (Å²) in [6.07, 6.45) is 4.33. The van der Waals surface area contributed by atoms with Crippen LogP contribution in [-0.4, -0.2) is 23.7 Å². The Morgan fingerprint density at radius 2 is 2.33 bits per heavy atom. The molecule has 3 unspecified atom stereocenters. The minimum absolute atomic E-state index is 0.0859. The second-order valence-electron chi connectivity index (χ2n) is 5.08. The molecule has 0 spiro atoms. The maximum atomic E-state index is 12.2. The highest BCUT2D eigenvalue weighted by molar-refractivity contribution is 7.10. The van der Waals surface area contributed by atoms with Gasteiger partial charge in [0.15, 0.2) is 0 Å². The smallest absolute Gasteiger partial charge is 0.228 e. The van der Waals surface area contributed by atoms with E-state index in [9.17, 15) is 9.90 Å². The van der Waals surface area contributed by atoms with Gasteiger partial charge in [0.25, 0.3) is 0 Å². The molecule has 1 saturated carbocycles. The lowest BCUT2D eigenvalue weighted by molar-refractivity contribution is -0.123. The van der Waals surface area contributed by atoms with E-state index in [4.69, 9.17) is 0 Å². The van der Waals surface area contributed by atoms with Gasteiger partial charge in [0, 0.05) is 23.4 Å². The molecule has 1 aliphatic rings. The van der Waals surface area contributed by atoms with E-state index in [1.165, 1.54) is 0 Å². The van der Waals surface area contributed by atoms with Gasteiger partial charge < -0.3 is 10.4 Å². The summed E-state index contributed by atoms with van der Waals surface area (Å²) in [6.45, 7) is 2.12. The molecule has 4 heteroatoms. The Labute approximate surface area is 112 Å². The second kappa shape index (κ2) is 6.34. The predicted molar refractivity (Wildman–Crippen MR) is 73.7 cm³/mol. The molecule has 1 heterocycles. The summed E-state index contributed by atoms with van der Waals surface area (Å²) in [6, 6.07) is 4.12. The molecule has 1 fully saturated rings. The van der Waals surface area contributed by atoms with Gasteiger partial charge in [-0.25, -0.2) is 0 Å². The monoisotopic (exact) mass is 267 g/mol. The molecule has 0 saturated heterocycles. The number of aliphatic hydroxyl groups excluding tert-OH is 1. The maximum absolute atomic E-state index is 12.2. The number of nitrogens with one attached hydrogen (secondary N) is 1. The lowest BCUT2D eigenvalue weighted by Gasteiger charge is -2.31. The molecule has 1 aromatic rings. The molecule has 3 nitrogen and oxygen atoms in total. The molecule has 100 valence electrons.